The Morgan fingerprint density at radius 3 is 2.08 bits per heavy atom. The minimum Gasteiger partial charge on any atom is -0.365 e. The largest absolute Gasteiger partial charge is 0.365 e. The van der Waals surface area contributed by atoms with Gasteiger partial charge in [0.1, 0.15) is 5.71 Å². The van der Waals surface area contributed by atoms with Crippen LogP contribution >= 0.6 is 0 Å². The van der Waals surface area contributed by atoms with E-state index in [1.807, 2.05) is 18.2 Å². The number of rotatable bonds is 3. The highest BCUT2D eigenvalue weighted by Gasteiger charge is 2.28. The predicted molar refractivity (Wildman–Crippen MR) is 107 cm³/mol. The van der Waals surface area contributed by atoms with Gasteiger partial charge in [-0.3, -0.25) is 0 Å². The molecular weight excluding hydrogens is 320 g/mol. The molecule has 0 aromatic heterocycles. The van der Waals surface area contributed by atoms with Crippen molar-refractivity contribution in [2.24, 2.45) is 5.16 Å². The highest BCUT2D eigenvalue weighted by molar-refractivity contribution is 6.03. The minimum atomic E-state index is -0.229. The van der Waals surface area contributed by atoms with E-state index in [2.05, 4.69) is 84.6 Å². The van der Waals surface area contributed by atoms with Crippen LogP contribution in [0.25, 0.3) is 0 Å². The minimum absolute atomic E-state index is 0.229. The van der Waals surface area contributed by atoms with Crippen molar-refractivity contribution in [1.29, 1.82) is 0 Å². The maximum absolute atomic E-state index is 5.97. The van der Waals surface area contributed by atoms with Crippen LogP contribution in [-0.2, 0) is 4.84 Å². The molecule has 0 bridgehead atoms. The molecule has 3 nitrogen and oxygen atoms in total. The Morgan fingerprint density at radius 2 is 1.42 bits per heavy atom. The Balaban J connectivity index is 1.71. The second-order valence-corrected chi connectivity index (χ2v) is 6.74. The first kappa shape index (κ1) is 16.4. The van der Waals surface area contributed by atoms with Crippen LogP contribution in [0.5, 0.6) is 0 Å². The smallest absolute Gasteiger partial charge is 0.226 e. The molecule has 3 aromatic carbocycles. The monoisotopic (exact) mass is 342 g/mol. The average Bonchev–Trinajstić information content (AvgIpc) is 2.69. The van der Waals surface area contributed by atoms with E-state index in [0.29, 0.717) is 6.54 Å². The second-order valence-electron chi connectivity index (χ2n) is 6.74. The molecule has 0 saturated carbocycles. The summed E-state index contributed by atoms with van der Waals surface area (Å²) >= 11 is 0. The Hall–Kier alpha value is -3.07. The molecule has 1 atom stereocenters. The highest BCUT2D eigenvalue weighted by atomic mass is 16.7. The summed E-state index contributed by atoms with van der Waals surface area (Å²) < 4.78 is 0. The van der Waals surface area contributed by atoms with Gasteiger partial charge in [-0.25, -0.2) is 0 Å². The summed E-state index contributed by atoms with van der Waals surface area (Å²) in [7, 11) is 0. The first-order valence-electron chi connectivity index (χ1n) is 8.89. The van der Waals surface area contributed by atoms with Crippen molar-refractivity contribution in [3.63, 3.8) is 0 Å². The molecule has 0 amide bonds. The van der Waals surface area contributed by atoms with Gasteiger partial charge in [-0.2, -0.15) is 0 Å². The molecule has 130 valence electrons. The van der Waals surface area contributed by atoms with Gasteiger partial charge in [0, 0.05) is 16.8 Å². The molecular formula is C23H22N2O. The van der Waals surface area contributed by atoms with Crippen LogP contribution in [0.4, 0.5) is 5.69 Å². The van der Waals surface area contributed by atoms with E-state index >= 15 is 0 Å². The van der Waals surface area contributed by atoms with Crippen molar-refractivity contribution < 1.29 is 4.84 Å². The lowest BCUT2D eigenvalue weighted by Crippen LogP contribution is -2.38. The van der Waals surface area contributed by atoms with E-state index in [-0.39, 0.29) is 6.23 Å². The molecule has 26 heavy (non-hydrogen) atoms. The quantitative estimate of drug-likeness (QED) is 0.650. The Bertz CT molecular complexity index is 899. The number of hydrogen-bond acceptors (Lipinski definition) is 3. The lowest BCUT2D eigenvalue weighted by molar-refractivity contribution is 0.0486. The molecule has 1 unspecified atom stereocenters. The van der Waals surface area contributed by atoms with Crippen LogP contribution in [-0.4, -0.2) is 12.3 Å². The molecule has 4 rings (SSSR count). The van der Waals surface area contributed by atoms with Gasteiger partial charge in [0.25, 0.3) is 0 Å². The summed E-state index contributed by atoms with van der Waals surface area (Å²) in [6.07, 6.45) is -0.229. The van der Waals surface area contributed by atoms with Gasteiger partial charge in [-0.05, 0) is 26.0 Å². The van der Waals surface area contributed by atoms with Crippen LogP contribution in [0, 0.1) is 13.8 Å². The van der Waals surface area contributed by atoms with Gasteiger partial charge in [0.05, 0.1) is 6.54 Å². The Morgan fingerprint density at radius 1 is 0.808 bits per heavy atom. The third kappa shape index (κ3) is 3.33. The molecule has 0 spiro atoms. The topological polar surface area (TPSA) is 24.8 Å². The number of aryl methyl sites for hydroxylation is 2. The van der Waals surface area contributed by atoms with Crippen LogP contribution in [0.3, 0.4) is 0 Å². The molecule has 1 heterocycles. The van der Waals surface area contributed by atoms with E-state index in [9.17, 15) is 0 Å². The molecule has 1 aliphatic rings. The zero-order valence-electron chi connectivity index (χ0n) is 15.1. The normalized spacial score (nSPS) is 16.8. The van der Waals surface area contributed by atoms with Gasteiger partial charge in [0.2, 0.25) is 6.23 Å². The summed E-state index contributed by atoms with van der Waals surface area (Å²) in [4.78, 5) is 8.23. The zero-order chi connectivity index (χ0) is 17.9. The van der Waals surface area contributed by atoms with Crippen LogP contribution < -0.4 is 4.90 Å². The van der Waals surface area contributed by atoms with E-state index in [4.69, 9.17) is 4.84 Å². The third-order valence-corrected chi connectivity index (χ3v) is 4.70. The second kappa shape index (κ2) is 7.04. The van der Waals surface area contributed by atoms with E-state index in [1.54, 1.807) is 0 Å². The first-order chi connectivity index (χ1) is 12.7. The molecule has 0 N–H and O–H groups in total. The number of oxime groups is 1. The molecule has 1 aliphatic heterocycles. The Labute approximate surface area is 154 Å². The summed E-state index contributed by atoms with van der Waals surface area (Å²) in [6, 6.07) is 27.2. The van der Waals surface area contributed by atoms with E-state index in [0.717, 1.165) is 22.5 Å². The summed E-state index contributed by atoms with van der Waals surface area (Å²) in [5, 5.41) is 4.46. The van der Waals surface area contributed by atoms with Crippen LogP contribution in [0.2, 0.25) is 0 Å². The van der Waals surface area contributed by atoms with Gasteiger partial charge in [0.15, 0.2) is 0 Å². The fourth-order valence-corrected chi connectivity index (χ4v) is 3.15. The standard InChI is InChI=1S/C23H22N2O/c1-17-8-12-19(13-9-17)22-16-25(21-14-10-18(2)11-15-21)23(26-24-22)20-6-4-3-5-7-20/h3-15,23H,16H2,1-2H3. The summed E-state index contributed by atoms with van der Waals surface area (Å²) in [5.41, 5.74) is 6.75. The molecule has 3 aromatic rings. The summed E-state index contributed by atoms with van der Waals surface area (Å²) in [5.74, 6) is 0. The zero-order valence-corrected chi connectivity index (χ0v) is 15.1. The van der Waals surface area contributed by atoms with Gasteiger partial charge >= 0.3 is 0 Å². The van der Waals surface area contributed by atoms with Crippen molar-refractivity contribution >= 4 is 11.4 Å². The average molecular weight is 342 g/mol. The molecule has 0 radical (unpaired) electrons. The molecule has 0 fully saturated rings. The Kier molecular flexibility index (Phi) is 4.44. The first-order valence-corrected chi connectivity index (χ1v) is 8.89. The fourth-order valence-electron chi connectivity index (χ4n) is 3.15. The number of benzene rings is 3. The van der Waals surface area contributed by atoms with Gasteiger partial charge in [-0.15, -0.1) is 0 Å². The van der Waals surface area contributed by atoms with Crippen molar-refractivity contribution in [1.82, 2.24) is 0 Å². The van der Waals surface area contributed by atoms with Gasteiger partial charge in [-0.1, -0.05) is 83.0 Å². The maximum Gasteiger partial charge on any atom is 0.226 e. The van der Waals surface area contributed by atoms with E-state index < -0.39 is 0 Å². The highest BCUT2D eigenvalue weighted by Crippen LogP contribution is 2.32. The van der Waals surface area contributed by atoms with Crippen molar-refractivity contribution in [2.45, 2.75) is 20.1 Å². The summed E-state index contributed by atoms with van der Waals surface area (Å²) in [6.45, 7) is 4.89. The lowest BCUT2D eigenvalue weighted by Gasteiger charge is -2.35. The number of nitrogens with zero attached hydrogens (tertiary/aromatic N) is 2. The molecule has 0 aliphatic carbocycles. The van der Waals surface area contributed by atoms with Gasteiger partial charge < -0.3 is 9.74 Å². The molecule has 3 heteroatoms. The fraction of sp³-hybridized carbons (Fsp3) is 0.174. The third-order valence-electron chi connectivity index (χ3n) is 4.70. The SMILES string of the molecule is Cc1ccc(C2=NOC(c3ccccc3)N(c3ccc(C)cc3)C2)cc1. The van der Waals surface area contributed by atoms with Crippen LogP contribution in [0.15, 0.2) is 84.0 Å². The number of hydrogen-bond donors (Lipinski definition) is 0. The van der Waals surface area contributed by atoms with Crippen molar-refractivity contribution in [3.8, 4) is 0 Å². The maximum atomic E-state index is 5.97. The van der Waals surface area contributed by atoms with Crippen LogP contribution in [0.1, 0.15) is 28.5 Å². The van der Waals surface area contributed by atoms with E-state index in [1.165, 1.54) is 11.1 Å². The lowest BCUT2D eigenvalue weighted by atomic mass is 10.1. The predicted octanol–water partition coefficient (Wildman–Crippen LogP) is 5.24. The molecule has 0 saturated heterocycles. The van der Waals surface area contributed by atoms with Crippen molar-refractivity contribution in [2.75, 3.05) is 11.4 Å². The number of anilines is 1. The van der Waals surface area contributed by atoms with Crippen molar-refractivity contribution in [3.05, 3.63) is 101 Å².